The molecule has 2 aromatic rings. The van der Waals surface area contributed by atoms with Crippen LogP contribution in [0.4, 0.5) is 0 Å². The Labute approximate surface area is 154 Å². The molecule has 2 aliphatic rings. The van der Waals surface area contributed by atoms with Crippen molar-refractivity contribution in [3.8, 4) is 0 Å². The monoisotopic (exact) mass is 353 g/mol. The minimum absolute atomic E-state index is 0.313. The van der Waals surface area contributed by atoms with Gasteiger partial charge in [0.2, 0.25) is 5.91 Å². The van der Waals surface area contributed by atoms with Gasteiger partial charge >= 0.3 is 0 Å². The molecule has 4 rings (SSSR count). The van der Waals surface area contributed by atoms with Gasteiger partial charge in [-0.15, -0.1) is 0 Å². The van der Waals surface area contributed by atoms with Gasteiger partial charge in [-0.3, -0.25) is 9.48 Å². The number of nitrogens with one attached hydrogen (secondary N) is 1. The highest BCUT2D eigenvalue weighted by atomic mass is 16.2. The van der Waals surface area contributed by atoms with Crippen LogP contribution in [0.3, 0.4) is 0 Å². The first-order valence-corrected chi connectivity index (χ1v) is 9.66. The lowest BCUT2D eigenvalue weighted by molar-refractivity contribution is -0.140. The number of amides is 1. The summed E-state index contributed by atoms with van der Waals surface area (Å²) in [4.78, 5) is 19.8. The van der Waals surface area contributed by atoms with Crippen LogP contribution in [0.2, 0.25) is 0 Å². The number of nitrogens with zero attached hydrogens (tertiary/aromatic N) is 4. The van der Waals surface area contributed by atoms with Crippen LogP contribution in [-0.4, -0.2) is 51.8 Å². The predicted octanol–water partition coefficient (Wildman–Crippen LogP) is 1.84. The van der Waals surface area contributed by atoms with E-state index >= 15 is 0 Å². The van der Waals surface area contributed by atoms with Gasteiger partial charge in [0.25, 0.3) is 0 Å². The average Bonchev–Trinajstić information content (AvgIpc) is 3.22. The lowest BCUT2D eigenvalue weighted by atomic mass is 9.71. The fraction of sp³-hybridized carbons (Fsp3) is 0.550. The molecule has 138 valence electrons. The van der Waals surface area contributed by atoms with Gasteiger partial charge in [-0.25, -0.2) is 4.98 Å². The zero-order chi connectivity index (χ0) is 17.8. The van der Waals surface area contributed by atoms with Gasteiger partial charge < -0.3 is 10.2 Å². The van der Waals surface area contributed by atoms with Gasteiger partial charge in [-0.2, -0.15) is 5.10 Å². The molecule has 1 aromatic carbocycles. The zero-order valence-corrected chi connectivity index (χ0v) is 15.2. The number of aromatic nitrogens is 3. The molecule has 6 nitrogen and oxygen atoms in total. The second-order valence-electron chi connectivity index (χ2n) is 7.58. The quantitative estimate of drug-likeness (QED) is 0.911. The summed E-state index contributed by atoms with van der Waals surface area (Å²) in [6, 6.07) is 10.4. The van der Waals surface area contributed by atoms with E-state index in [4.69, 9.17) is 0 Å². The van der Waals surface area contributed by atoms with E-state index in [1.807, 2.05) is 10.7 Å². The number of benzene rings is 1. The van der Waals surface area contributed by atoms with E-state index < -0.39 is 0 Å². The Morgan fingerprint density at radius 1 is 1.23 bits per heavy atom. The second-order valence-corrected chi connectivity index (χ2v) is 7.58. The van der Waals surface area contributed by atoms with E-state index in [1.165, 1.54) is 5.56 Å². The Morgan fingerprint density at radius 3 is 2.77 bits per heavy atom. The molecule has 1 amide bonds. The number of carbonyl (C=O) groups is 1. The van der Waals surface area contributed by atoms with Crippen molar-refractivity contribution in [1.82, 2.24) is 25.0 Å². The van der Waals surface area contributed by atoms with Crippen LogP contribution >= 0.6 is 0 Å². The third-order valence-electron chi connectivity index (χ3n) is 5.91. The number of piperidine rings is 2. The molecule has 2 saturated heterocycles. The van der Waals surface area contributed by atoms with E-state index in [-0.39, 0.29) is 5.41 Å². The fourth-order valence-electron chi connectivity index (χ4n) is 4.53. The highest BCUT2D eigenvalue weighted by molar-refractivity contribution is 5.88. The predicted molar refractivity (Wildman–Crippen MR) is 99.5 cm³/mol. The minimum Gasteiger partial charge on any atom is -0.342 e. The lowest BCUT2D eigenvalue weighted by Gasteiger charge is -2.43. The Balaban J connectivity index is 1.53. The maximum absolute atomic E-state index is 13.7. The average molecular weight is 353 g/mol. The molecule has 0 aliphatic carbocycles. The number of hydrogen-bond donors (Lipinski definition) is 1. The van der Waals surface area contributed by atoms with Gasteiger partial charge in [0.15, 0.2) is 0 Å². The van der Waals surface area contributed by atoms with E-state index in [9.17, 15) is 4.79 Å². The third-order valence-corrected chi connectivity index (χ3v) is 5.91. The number of hydrogen-bond acceptors (Lipinski definition) is 4. The van der Waals surface area contributed by atoms with Crippen LogP contribution in [0.5, 0.6) is 0 Å². The first-order valence-electron chi connectivity index (χ1n) is 9.66. The topological polar surface area (TPSA) is 63.1 Å². The molecule has 1 aromatic heterocycles. The molecule has 1 N–H and O–H groups in total. The van der Waals surface area contributed by atoms with Crippen molar-refractivity contribution >= 4 is 5.91 Å². The first kappa shape index (κ1) is 17.2. The minimum atomic E-state index is -0.373. The third kappa shape index (κ3) is 3.38. The highest BCUT2D eigenvalue weighted by Crippen LogP contribution is 2.36. The van der Waals surface area contributed by atoms with Crippen LogP contribution < -0.4 is 5.32 Å². The number of likely N-dealkylation sites (tertiary alicyclic amines) is 1. The lowest BCUT2D eigenvalue weighted by Crippen LogP contribution is -2.54. The van der Waals surface area contributed by atoms with Crippen LogP contribution in [0, 0.1) is 5.92 Å². The molecule has 26 heavy (non-hydrogen) atoms. The molecule has 6 heteroatoms. The smallest absolute Gasteiger partial charge is 0.233 e. The van der Waals surface area contributed by atoms with Gasteiger partial charge in [0.05, 0.1) is 5.41 Å². The van der Waals surface area contributed by atoms with Crippen LogP contribution in [0.25, 0.3) is 0 Å². The molecule has 2 aliphatic heterocycles. The molecule has 0 spiro atoms. The van der Waals surface area contributed by atoms with Gasteiger partial charge in [0.1, 0.15) is 12.7 Å². The second kappa shape index (κ2) is 7.58. The molecule has 0 unspecified atom stereocenters. The molecular weight excluding hydrogens is 326 g/mol. The zero-order valence-electron chi connectivity index (χ0n) is 15.2. The summed E-state index contributed by atoms with van der Waals surface area (Å²) < 4.78 is 1.89. The first-order chi connectivity index (χ1) is 12.8. The Kier molecular flexibility index (Phi) is 5.02. The van der Waals surface area contributed by atoms with Gasteiger partial charge in [0, 0.05) is 19.6 Å². The molecular formula is C20H27N5O. The van der Waals surface area contributed by atoms with E-state index in [0.717, 1.165) is 58.4 Å². The summed E-state index contributed by atoms with van der Waals surface area (Å²) in [5.74, 6) is 0.762. The van der Waals surface area contributed by atoms with Crippen LogP contribution in [-0.2, 0) is 16.8 Å². The van der Waals surface area contributed by atoms with Crippen LogP contribution in [0.1, 0.15) is 31.2 Å². The summed E-state index contributed by atoms with van der Waals surface area (Å²) in [6.07, 6.45) is 7.29. The fourth-order valence-corrected chi connectivity index (χ4v) is 4.53. The molecule has 0 bridgehead atoms. The van der Waals surface area contributed by atoms with E-state index in [0.29, 0.717) is 11.8 Å². The maximum atomic E-state index is 13.7. The summed E-state index contributed by atoms with van der Waals surface area (Å²) in [5, 5.41) is 7.64. The van der Waals surface area contributed by atoms with Crippen molar-refractivity contribution in [3.63, 3.8) is 0 Å². The van der Waals surface area contributed by atoms with Crippen LogP contribution in [0.15, 0.2) is 43.0 Å². The summed E-state index contributed by atoms with van der Waals surface area (Å²) in [5.41, 5.74) is 0.798. The van der Waals surface area contributed by atoms with Crippen molar-refractivity contribution in [2.24, 2.45) is 5.92 Å². The van der Waals surface area contributed by atoms with E-state index in [1.54, 1.807) is 12.7 Å². The number of rotatable bonds is 4. The summed E-state index contributed by atoms with van der Waals surface area (Å²) in [7, 11) is 0. The SMILES string of the molecule is O=C(N1CCC[C@H](Cn2cncn2)C1)C1(c2ccccc2)CCNCC1. The van der Waals surface area contributed by atoms with Gasteiger partial charge in [-0.05, 0) is 50.3 Å². The standard InChI is InChI=1S/C20H27N5O/c26-19(20(8-10-21-11-9-20)18-6-2-1-3-7-18)24-12-4-5-17(13-24)14-25-16-22-15-23-25/h1-3,6-7,15-17,21H,4-5,8-14H2/t17-/m0/s1. The summed E-state index contributed by atoms with van der Waals surface area (Å²) >= 11 is 0. The van der Waals surface area contributed by atoms with Crippen molar-refractivity contribution in [2.45, 2.75) is 37.6 Å². The molecule has 0 radical (unpaired) electrons. The normalized spacial score (nSPS) is 22.9. The number of carbonyl (C=O) groups excluding carboxylic acids is 1. The summed E-state index contributed by atoms with van der Waals surface area (Å²) in [6.45, 7) is 4.33. The maximum Gasteiger partial charge on any atom is 0.233 e. The van der Waals surface area contributed by atoms with E-state index in [2.05, 4.69) is 44.6 Å². The molecule has 1 atom stereocenters. The Morgan fingerprint density at radius 2 is 2.04 bits per heavy atom. The largest absolute Gasteiger partial charge is 0.342 e. The molecule has 2 fully saturated rings. The van der Waals surface area contributed by atoms with Crippen molar-refractivity contribution in [1.29, 1.82) is 0 Å². The van der Waals surface area contributed by atoms with Crippen molar-refractivity contribution < 1.29 is 4.79 Å². The molecule has 0 saturated carbocycles. The van der Waals surface area contributed by atoms with Gasteiger partial charge in [-0.1, -0.05) is 30.3 Å². The molecule has 3 heterocycles. The Hall–Kier alpha value is -2.21. The van der Waals surface area contributed by atoms with Crippen molar-refractivity contribution in [2.75, 3.05) is 26.2 Å². The Bertz CT molecular complexity index is 709. The highest BCUT2D eigenvalue weighted by Gasteiger charge is 2.44. The van der Waals surface area contributed by atoms with Crippen molar-refractivity contribution in [3.05, 3.63) is 48.5 Å².